The van der Waals surface area contributed by atoms with Crippen LogP contribution in [0.15, 0.2) is 35.2 Å². The fraction of sp³-hybridized carbons (Fsp3) is 0.600. The molecule has 0 spiro atoms. The molecule has 0 saturated carbocycles. The van der Waals surface area contributed by atoms with Crippen molar-refractivity contribution in [2.75, 3.05) is 25.1 Å². The average molecular weight is 345 g/mol. The van der Waals surface area contributed by atoms with Crippen molar-refractivity contribution in [3.8, 4) is 0 Å². The van der Waals surface area contributed by atoms with Gasteiger partial charge in [0.15, 0.2) is 19.7 Å². The smallest absolute Gasteiger partial charge is 0.183 e. The highest BCUT2D eigenvalue weighted by atomic mass is 32.2. The molecule has 0 amide bonds. The fourth-order valence-electron chi connectivity index (χ4n) is 2.86. The molecule has 2 rings (SSSR count). The summed E-state index contributed by atoms with van der Waals surface area (Å²) in [5, 5.41) is -0.887. The second-order valence-electron chi connectivity index (χ2n) is 5.87. The van der Waals surface area contributed by atoms with Gasteiger partial charge in [0.25, 0.3) is 0 Å². The summed E-state index contributed by atoms with van der Waals surface area (Å²) in [6.45, 7) is 2.76. The van der Waals surface area contributed by atoms with Crippen LogP contribution in [0.1, 0.15) is 19.8 Å². The van der Waals surface area contributed by atoms with Crippen LogP contribution in [-0.4, -0.2) is 58.1 Å². The monoisotopic (exact) mass is 345 g/mol. The second kappa shape index (κ2) is 6.68. The molecule has 1 fully saturated rings. The van der Waals surface area contributed by atoms with Gasteiger partial charge in [0.2, 0.25) is 0 Å². The Hall–Kier alpha value is -0.920. The normalized spacial score (nSPS) is 24.7. The van der Waals surface area contributed by atoms with Gasteiger partial charge in [-0.3, -0.25) is 0 Å². The Labute approximate surface area is 133 Å². The van der Waals surface area contributed by atoms with Crippen LogP contribution in [0.2, 0.25) is 0 Å². The maximum Gasteiger partial charge on any atom is 0.183 e. The molecule has 7 heteroatoms. The first-order chi connectivity index (χ1) is 10.3. The molecule has 1 heterocycles. The van der Waals surface area contributed by atoms with Crippen LogP contribution in [0.4, 0.5) is 0 Å². The maximum absolute atomic E-state index is 12.8. The summed E-state index contributed by atoms with van der Waals surface area (Å²) in [6.07, 6.45) is 1.91. The summed E-state index contributed by atoms with van der Waals surface area (Å²) in [5.41, 5.74) is 0. The Bertz CT molecular complexity index is 698. The van der Waals surface area contributed by atoms with Crippen LogP contribution in [0.3, 0.4) is 0 Å². The summed E-state index contributed by atoms with van der Waals surface area (Å²) in [6, 6.07) is 7.65. The quantitative estimate of drug-likeness (QED) is 0.778. The third kappa shape index (κ3) is 3.70. The summed E-state index contributed by atoms with van der Waals surface area (Å²) in [5.74, 6) is -0.366. The molecule has 0 aromatic heterocycles. The minimum absolute atomic E-state index is 0.0794. The first kappa shape index (κ1) is 17.4. The third-order valence-electron chi connectivity index (χ3n) is 4.17. The van der Waals surface area contributed by atoms with E-state index in [1.54, 1.807) is 18.2 Å². The van der Waals surface area contributed by atoms with Crippen LogP contribution < -0.4 is 0 Å². The van der Waals surface area contributed by atoms with Crippen molar-refractivity contribution in [1.29, 1.82) is 0 Å². The van der Waals surface area contributed by atoms with Gasteiger partial charge in [0.05, 0.1) is 21.7 Å². The Balaban J connectivity index is 2.34. The molecule has 0 bridgehead atoms. The van der Waals surface area contributed by atoms with E-state index in [4.69, 9.17) is 0 Å². The summed E-state index contributed by atoms with van der Waals surface area (Å²) in [4.78, 5) is 2.09. The number of hydrogen-bond donors (Lipinski definition) is 0. The van der Waals surface area contributed by atoms with E-state index >= 15 is 0 Å². The average Bonchev–Trinajstić information content (AvgIpc) is 2.82. The van der Waals surface area contributed by atoms with Crippen LogP contribution in [-0.2, 0) is 19.7 Å². The lowest BCUT2D eigenvalue weighted by atomic mass is 10.2. The molecular formula is C15H23NO4S2. The predicted molar refractivity (Wildman–Crippen MR) is 87.4 cm³/mol. The maximum atomic E-state index is 12.8. The number of hydrogen-bond acceptors (Lipinski definition) is 5. The Morgan fingerprint density at radius 2 is 1.82 bits per heavy atom. The largest absolute Gasteiger partial charge is 0.301 e. The van der Waals surface area contributed by atoms with Gasteiger partial charge in [0.1, 0.15) is 0 Å². The molecular weight excluding hydrogens is 322 g/mol. The zero-order valence-electron chi connectivity index (χ0n) is 13.0. The van der Waals surface area contributed by atoms with Crippen molar-refractivity contribution in [2.24, 2.45) is 0 Å². The van der Waals surface area contributed by atoms with E-state index in [-0.39, 0.29) is 16.4 Å². The van der Waals surface area contributed by atoms with E-state index in [1.165, 1.54) is 12.1 Å². The van der Waals surface area contributed by atoms with Crippen molar-refractivity contribution < 1.29 is 16.8 Å². The molecule has 1 aliphatic rings. The molecule has 1 saturated heterocycles. The van der Waals surface area contributed by atoms with E-state index < -0.39 is 31.0 Å². The number of sulfone groups is 2. The SMILES string of the molecule is CCCCN(C)[C@H]1CS(=O)(=O)C[C@@H]1S(=O)(=O)c1ccccc1. The molecule has 124 valence electrons. The number of nitrogens with zero attached hydrogens (tertiary/aromatic N) is 1. The Morgan fingerprint density at radius 1 is 1.18 bits per heavy atom. The van der Waals surface area contributed by atoms with Crippen LogP contribution in [0.25, 0.3) is 0 Å². The van der Waals surface area contributed by atoms with E-state index in [0.29, 0.717) is 6.54 Å². The van der Waals surface area contributed by atoms with Crippen LogP contribution >= 0.6 is 0 Å². The predicted octanol–water partition coefficient (Wildman–Crippen LogP) is 1.36. The molecule has 2 atom stereocenters. The van der Waals surface area contributed by atoms with E-state index in [2.05, 4.69) is 6.92 Å². The van der Waals surface area contributed by atoms with Gasteiger partial charge in [0, 0.05) is 6.04 Å². The molecule has 1 aromatic carbocycles. The zero-order chi connectivity index (χ0) is 16.4. The van der Waals surface area contributed by atoms with Crippen LogP contribution in [0.5, 0.6) is 0 Å². The lowest BCUT2D eigenvalue weighted by Crippen LogP contribution is -2.44. The highest BCUT2D eigenvalue weighted by molar-refractivity contribution is 7.96. The van der Waals surface area contributed by atoms with Gasteiger partial charge in [-0.05, 0) is 32.1 Å². The molecule has 0 aliphatic carbocycles. The van der Waals surface area contributed by atoms with E-state index in [9.17, 15) is 16.8 Å². The molecule has 0 N–H and O–H groups in total. The Morgan fingerprint density at radius 3 is 2.41 bits per heavy atom. The van der Waals surface area contributed by atoms with Crippen LogP contribution in [0, 0.1) is 0 Å². The van der Waals surface area contributed by atoms with Gasteiger partial charge >= 0.3 is 0 Å². The van der Waals surface area contributed by atoms with Gasteiger partial charge in [-0.1, -0.05) is 31.5 Å². The van der Waals surface area contributed by atoms with E-state index in [0.717, 1.165) is 12.8 Å². The van der Waals surface area contributed by atoms with Gasteiger partial charge in [-0.25, -0.2) is 16.8 Å². The lowest BCUT2D eigenvalue weighted by Gasteiger charge is -2.28. The molecule has 1 aromatic rings. The number of rotatable bonds is 6. The lowest BCUT2D eigenvalue weighted by molar-refractivity contribution is 0.259. The molecule has 0 unspecified atom stereocenters. The van der Waals surface area contributed by atoms with Crippen molar-refractivity contribution >= 4 is 19.7 Å². The zero-order valence-corrected chi connectivity index (χ0v) is 14.6. The van der Waals surface area contributed by atoms with Gasteiger partial charge in [-0.2, -0.15) is 0 Å². The molecule has 5 nitrogen and oxygen atoms in total. The van der Waals surface area contributed by atoms with Crippen molar-refractivity contribution in [3.05, 3.63) is 30.3 Å². The van der Waals surface area contributed by atoms with Crippen molar-refractivity contribution in [2.45, 2.75) is 36.0 Å². The summed E-state index contributed by atoms with van der Waals surface area (Å²) in [7, 11) is -5.16. The minimum atomic E-state index is -3.65. The highest BCUT2D eigenvalue weighted by Gasteiger charge is 2.47. The first-order valence-electron chi connectivity index (χ1n) is 7.47. The van der Waals surface area contributed by atoms with Gasteiger partial charge < -0.3 is 4.90 Å². The molecule has 22 heavy (non-hydrogen) atoms. The number of benzene rings is 1. The number of unbranched alkanes of at least 4 members (excludes halogenated alkanes) is 1. The van der Waals surface area contributed by atoms with Crippen molar-refractivity contribution in [3.63, 3.8) is 0 Å². The summed E-state index contributed by atoms with van der Waals surface area (Å²) >= 11 is 0. The molecule has 0 radical (unpaired) electrons. The Kier molecular flexibility index (Phi) is 5.29. The fourth-order valence-corrected chi connectivity index (χ4v) is 7.79. The van der Waals surface area contributed by atoms with E-state index in [1.807, 2.05) is 11.9 Å². The highest BCUT2D eigenvalue weighted by Crippen LogP contribution is 2.28. The standard InChI is InChI=1S/C15H23NO4S2/c1-3-4-10-16(2)14-11-21(17,18)12-15(14)22(19,20)13-8-6-5-7-9-13/h5-9,14-15H,3-4,10-12H2,1-2H3/t14-,15-/m0/s1. The first-order valence-corrected chi connectivity index (χ1v) is 10.8. The second-order valence-corrected chi connectivity index (χ2v) is 10.2. The minimum Gasteiger partial charge on any atom is -0.301 e. The van der Waals surface area contributed by atoms with Gasteiger partial charge in [-0.15, -0.1) is 0 Å². The third-order valence-corrected chi connectivity index (χ3v) is 8.31. The van der Waals surface area contributed by atoms with Crippen molar-refractivity contribution in [1.82, 2.24) is 4.90 Å². The molecule has 1 aliphatic heterocycles. The summed E-state index contributed by atoms with van der Waals surface area (Å²) < 4.78 is 49.7. The topological polar surface area (TPSA) is 71.5 Å².